The molecule has 7 heteroatoms. The molecule has 0 aromatic heterocycles. The summed E-state index contributed by atoms with van der Waals surface area (Å²) in [5.74, 6) is 0.268. The van der Waals surface area contributed by atoms with Gasteiger partial charge in [0.25, 0.3) is 0 Å². The first kappa shape index (κ1) is 24.8. The molecule has 2 unspecified atom stereocenters. The van der Waals surface area contributed by atoms with Crippen LogP contribution >= 0.6 is 0 Å². The standard InChI is InChI=1S/C30H34N4O3/c1-32-18-20-33(21-19-32)27-11-7-6-10-26(27)31-30(36)25-16-17-28(35)34(23-12-14-24(37-2)15-13-23)29(25)22-8-4-3-5-9-22/h3-15,25,29H,16-21H2,1-2H3,(H,31,36). The van der Waals surface area contributed by atoms with Crippen molar-refractivity contribution in [3.63, 3.8) is 0 Å². The van der Waals surface area contributed by atoms with Crippen LogP contribution in [0.1, 0.15) is 24.4 Å². The predicted octanol–water partition coefficient (Wildman–Crippen LogP) is 4.57. The minimum Gasteiger partial charge on any atom is -0.497 e. The van der Waals surface area contributed by atoms with E-state index in [1.807, 2.05) is 72.8 Å². The quantitative estimate of drug-likeness (QED) is 0.539. The first-order valence-electron chi connectivity index (χ1n) is 12.9. The van der Waals surface area contributed by atoms with E-state index in [0.717, 1.165) is 54.6 Å². The lowest BCUT2D eigenvalue weighted by Gasteiger charge is -2.41. The number of rotatable bonds is 6. The van der Waals surface area contributed by atoms with Gasteiger partial charge in [0.1, 0.15) is 5.75 Å². The maximum atomic E-state index is 13.9. The van der Waals surface area contributed by atoms with Crippen LogP contribution in [0.2, 0.25) is 0 Å². The van der Waals surface area contributed by atoms with Crippen molar-refractivity contribution in [3.8, 4) is 5.75 Å². The van der Waals surface area contributed by atoms with Crippen LogP contribution in [-0.2, 0) is 9.59 Å². The molecule has 3 aromatic rings. The maximum absolute atomic E-state index is 13.9. The molecule has 3 aromatic carbocycles. The van der Waals surface area contributed by atoms with Crippen molar-refractivity contribution in [2.45, 2.75) is 18.9 Å². The van der Waals surface area contributed by atoms with E-state index in [4.69, 9.17) is 4.74 Å². The number of benzene rings is 3. The molecule has 0 bridgehead atoms. The molecule has 2 amide bonds. The van der Waals surface area contributed by atoms with E-state index in [0.29, 0.717) is 12.8 Å². The Morgan fingerprint density at radius 3 is 2.27 bits per heavy atom. The topological polar surface area (TPSA) is 65.1 Å². The Labute approximate surface area is 218 Å². The monoisotopic (exact) mass is 498 g/mol. The summed E-state index contributed by atoms with van der Waals surface area (Å²) in [6.07, 6.45) is 0.807. The molecule has 2 saturated heterocycles. The molecule has 2 fully saturated rings. The van der Waals surface area contributed by atoms with E-state index in [-0.39, 0.29) is 11.8 Å². The average molecular weight is 499 g/mol. The highest BCUT2D eigenvalue weighted by molar-refractivity contribution is 6.01. The molecule has 2 heterocycles. The van der Waals surface area contributed by atoms with Crippen LogP contribution in [0.4, 0.5) is 17.1 Å². The number of amides is 2. The van der Waals surface area contributed by atoms with Crippen molar-refractivity contribution in [1.29, 1.82) is 0 Å². The second-order valence-electron chi connectivity index (χ2n) is 9.76. The third kappa shape index (κ3) is 5.32. The number of para-hydroxylation sites is 2. The zero-order valence-electron chi connectivity index (χ0n) is 21.5. The molecule has 0 spiro atoms. The molecule has 2 atom stereocenters. The number of nitrogens with zero attached hydrogens (tertiary/aromatic N) is 3. The molecule has 2 aliphatic rings. The summed E-state index contributed by atoms with van der Waals surface area (Å²) in [5.41, 5.74) is 3.56. The van der Waals surface area contributed by atoms with E-state index >= 15 is 0 Å². The van der Waals surface area contributed by atoms with Crippen molar-refractivity contribution in [3.05, 3.63) is 84.4 Å². The smallest absolute Gasteiger partial charge is 0.230 e. The van der Waals surface area contributed by atoms with Crippen molar-refractivity contribution in [2.75, 3.05) is 55.5 Å². The first-order chi connectivity index (χ1) is 18.0. The lowest BCUT2D eigenvalue weighted by atomic mass is 9.83. The molecule has 37 heavy (non-hydrogen) atoms. The number of carbonyl (C=O) groups excluding carboxylic acids is 2. The highest BCUT2D eigenvalue weighted by atomic mass is 16.5. The summed E-state index contributed by atoms with van der Waals surface area (Å²) in [5, 5.41) is 3.24. The summed E-state index contributed by atoms with van der Waals surface area (Å²) in [7, 11) is 3.75. The number of methoxy groups -OCH3 is 1. The van der Waals surface area contributed by atoms with Crippen LogP contribution in [-0.4, -0.2) is 57.1 Å². The third-order valence-electron chi connectivity index (χ3n) is 7.43. The highest BCUT2D eigenvalue weighted by Gasteiger charge is 2.41. The lowest BCUT2D eigenvalue weighted by Crippen LogP contribution is -2.47. The molecular weight excluding hydrogens is 464 g/mol. The minimum atomic E-state index is -0.411. The van der Waals surface area contributed by atoms with E-state index in [9.17, 15) is 9.59 Å². The second kappa shape index (κ2) is 11.0. The fourth-order valence-electron chi connectivity index (χ4n) is 5.37. The fourth-order valence-corrected chi connectivity index (χ4v) is 5.37. The molecule has 0 aliphatic carbocycles. The summed E-state index contributed by atoms with van der Waals surface area (Å²) in [4.78, 5) is 33.7. The van der Waals surface area contributed by atoms with Crippen LogP contribution in [0.3, 0.4) is 0 Å². The Hall–Kier alpha value is -3.84. The zero-order valence-corrected chi connectivity index (χ0v) is 21.5. The number of piperazine rings is 1. The number of nitrogens with one attached hydrogen (secondary N) is 1. The van der Waals surface area contributed by atoms with Crippen LogP contribution < -0.4 is 19.9 Å². The highest BCUT2D eigenvalue weighted by Crippen LogP contribution is 2.41. The van der Waals surface area contributed by atoms with E-state index in [2.05, 4.69) is 28.2 Å². The number of carbonyl (C=O) groups is 2. The fraction of sp³-hybridized carbons (Fsp3) is 0.333. The van der Waals surface area contributed by atoms with Crippen molar-refractivity contribution < 1.29 is 14.3 Å². The SMILES string of the molecule is COc1ccc(N2C(=O)CCC(C(=O)Nc3ccccc3N3CCN(C)CC3)C2c2ccccc2)cc1. The van der Waals surface area contributed by atoms with E-state index in [1.54, 1.807) is 12.0 Å². The van der Waals surface area contributed by atoms with Crippen molar-refractivity contribution in [1.82, 2.24) is 4.90 Å². The molecule has 5 rings (SSSR count). The van der Waals surface area contributed by atoms with Gasteiger partial charge < -0.3 is 24.8 Å². The normalized spacial score (nSPS) is 20.5. The van der Waals surface area contributed by atoms with Crippen molar-refractivity contribution in [2.24, 2.45) is 5.92 Å². The predicted molar refractivity (Wildman–Crippen MR) is 147 cm³/mol. The summed E-state index contributed by atoms with van der Waals surface area (Å²) in [6, 6.07) is 24.9. The largest absolute Gasteiger partial charge is 0.497 e. The summed E-state index contributed by atoms with van der Waals surface area (Å²) < 4.78 is 5.31. The number of hydrogen-bond acceptors (Lipinski definition) is 5. The summed E-state index contributed by atoms with van der Waals surface area (Å²) in [6.45, 7) is 3.80. The molecule has 192 valence electrons. The average Bonchev–Trinajstić information content (AvgIpc) is 2.94. The van der Waals surface area contributed by atoms with Gasteiger partial charge in [-0.25, -0.2) is 0 Å². The molecule has 1 N–H and O–H groups in total. The van der Waals surface area contributed by atoms with Crippen LogP contribution in [0.5, 0.6) is 5.75 Å². The Kier molecular flexibility index (Phi) is 7.42. The molecule has 0 radical (unpaired) electrons. The van der Waals surface area contributed by atoms with Gasteiger partial charge in [-0.2, -0.15) is 0 Å². The van der Waals surface area contributed by atoms with Crippen LogP contribution in [0.15, 0.2) is 78.9 Å². The van der Waals surface area contributed by atoms with Gasteiger partial charge in [-0.05, 0) is 55.4 Å². The van der Waals surface area contributed by atoms with Crippen molar-refractivity contribution >= 4 is 28.9 Å². The van der Waals surface area contributed by atoms with Gasteiger partial charge in [-0.1, -0.05) is 42.5 Å². The van der Waals surface area contributed by atoms with Gasteiger partial charge in [0, 0.05) is 38.3 Å². The van der Waals surface area contributed by atoms with Crippen LogP contribution in [0, 0.1) is 5.92 Å². The molecule has 0 saturated carbocycles. The number of anilines is 3. The Morgan fingerprint density at radius 2 is 1.57 bits per heavy atom. The number of hydrogen-bond donors (Lipinski definition) is 1. The Balaban J connectivity index is 1.46. The molecular formula is C30H34N4O3. The third-order valence-corrected chi connectivity index (χ3v) is 7.43. The second-order valence-corrected chi connectivity index (χ2v) is 9.76. The van der Waals surface area contributed by atoms with Gasteiger partial charge in [0.2, 0.25) is 11.8 Å². The number of ether oxygens (including phenoxy) is 1. The molecule has 2 aliphatic heterocycles. The van der Waals surface area contributed by atoms with Gasteiger partial charge in [-0.15, -0.1) is 0 Å². The maximum Gasteiger partial charge on any atom is 0.230 e. The van der Waals surface area contributed by atoms with E-state index in [1.165, 1.54) is 0 Å². The van der Waals surface area contributed by atoms with Gasteiger partial charge in [0.05, 0.1) is 30.4 Å². The number of piperidine rings is 1. The number of likely N-dealkylation sites (N-methyl/N-ethyl adjacent to an activating group) is 1. The van der Waals surface area contributed by atoms with Gasteiger partial charge in [0.15, 0.2) is 0 Å². The summed E-state index contributed by atoms with van der Waals surface area (Å²) >= 11 is 0. The Bertz CT molecular complexity index is 1220. The Morgan fingerprint density at radius 1 is 0.892 bits per heavy atom. The lowest BCUT2D eigenvalue weighted by molar-refractivity contribution is -0.125. The van der Waals surface area contributed by atoms with E-state index < -0.39 is 12.0 Å². The molecule has 7 nitrogen and oxygen atoms in total. The minimum absolute atomic E-state index is 0.0147. The first-order valence-corrected chi connectivity index (χ1v) is 12.9. The van der Waals surface area contributed by atoms with Crippen LogP contribution in [0.25, 0.3) is 0 Å². The zero-order chi connectivity index (χ0) is 25.8. The van der Waals surface area contributed by atoms with Gasteiger partial charge in [-0.3, -0.25) is 9.59 Å². The van der Waals surface area contributed by atoms with Gasteiger partial charge >= 0.3 is 0 Å².